The zero-order valence-electron chi connectivity index (χ0n) is 11.6. The number of nitrogens with one attached hydrogen (secondary N) is 1. The molecule has 3 nitrogen and oxygen atoms in total. The minimum absolute atomic E-state index is 0.210. The van der Waals surface area contributed by atoms with Crippen molar-refractivity contribution in [3.63, 3.8) is 0 Å². The fourth-order valence-corrected chi connectivity index (χ4v) is 3.01. The molecule has 1 rings (SSSR count). The molecule has 0 saturated heterocycles. The summed E-state index contributed by atoms with van der Waals surface area (Å²) >= 11 is 6.68. The Bertz CT molecular complexity index is 399. The maximum atomic E-state index is 9.65. The Balaban J connectivity index is 2.49. The second kappa shape index (κ2) is 7.62. The van der Waals surface area contributed by atoms with Crippen molar-refractivity contribution in [2.75, 3.05) is 20.3 Å². The lowest BCUT2D eigenvalue weighted by molar-refractivity contribution is 0.150. The zero-order valence-corrected chi connectivity index (χ0v) is 14.8. The molecule has 19 heavy (non-hydrogen) atoms. The van der Waals surface area contributed by atoms with Gasteiger partial charge in [-0.1, -0.05) is 13.8 Å². The van der Waals surface area contributed by atoms with Gasteiger partial charge in [0.2, 0.25) is 0 Å². The van der Waals surface area contributed by atoms with Crippen LogP contribution in [0.5, 0.6) is 5.75 Å². The van der Waals surface area contributed by atoms with Crippen molar-refractivity contribution in [1.29, 1.82) is 0 Å². The van der Waals surface area contributed by atoms with E-state index in [1.807, 2.05) is 12.1 Å². The Hall–Kier alpha value is -0.100. The van der Waals surface area contributed by atoms with Crippen molar-refractivity contribution < 1.29 is 9.84 Å². The number of ether oxygens (including phenoxy) is 1. The Labute approximate surface area is 132 Å². The maximum Gasteiger partial charge on any atom is 0.143 e. The molecule has 0 aliphatic rings. The molecule has 0 aromatic heterocycles. The summed E-state index contributed by atoms with van der Waals surface area (Å²) in [5, 5.41) is 13.1. The average molecular weight is 395 g/mol. The molecule has 0 unspecified atom stereocenters. The van der Waals surface area contributed by atoms with Gasteiger partial charge in [0.05, 0.1) is 8.95 Å². The molecule has 0 bridgehead atoms. The monoisotopic (exact) mass is 393 g/mol. The van der Waals surface area contributed by atoms with E-state index in [2.05, 4.69) is 51.0 Å². The van der Waals surface area contributed by atoms with Gasteiger partial charge in [-0.25, -0.2) is 0 Å². The van der Waals surface area contributed by atoms with Gasteiger partial charge in [-0.05, 0) is 61.4 Å². The molecule has 1 aromatic carbocycles. The molecule has 1 aromatic rings. The first-order valence-electron chi connectivity index (χ1n) is 6.22. The second-order valence-electron chi connectivity index (χ2n) is 5.42. The standard InChI is InChI=1S/C14H21Br2NO2/c1-14(2,4-5-19-3)9-17-8-10-6-11(15)13(18)12(16)7-10/h6-7,17-18H,4-5,8-9H2,1-3H3. The SMILES string of the molecule is COCCC(C)(C)CNCc1cc(Br)c(O)c(Br)c1. The third-order valence-corrected chi connectivity index (χ3v) is 4.20. The van der Waals surface area contributed by atoms with Gasteiger partial charge in [-0.15, -0.1) is 0 Å². The molecular weight excluding hydrogens is 374 g/mol. The zero-order chi connectivity index (χ0) is 14.5. The lowest BCUT2D eigenvalue weighted by Crippen LogP contribution is -2.30. The fraction of sp³-hybridized carbons (Fsp3) is 0.571. The quantitative estimate of drug-likeness (QED) is 0.732. The molecule has 0 atom stereocenters. The van der Waals surface area contributed by atoms with Crippen LogP contribution in [0.4, 0.5) is 0 Å². The van der Waals surface area contributed by atoms with Gasteiger partial charge in [0.1, 0.15) is 5.75 Å². The third-order valence-electron chi connectivity index (χ3n) is 2.99. The smallest absolute Gasteiger partial charge is 0.143 e. The fourth-order valence-electron chi connectivity index (χ4n) is 1.73. The molecule has 0 amide bonds. The molecule has 2 N–H and O–H groups in total. The summed E-state index contributed by atoms with van der Waals surface area (Å²) in [6.07, 6.45) is 1.03. The predicted octanol–water partition coefficient (Wildman–Crippen LogP) is 4.07. The summed E-state index contributed by atoms with van der Waals surface area (Å²) in [6.45, 7) is 6.93. The van der Waals surface area contributed by atoms with E-state index in [-0.39, 0.29) is 11.2 Å². The summed E-state index contributed by atoms with van der Waals surface area (Å²) in [5.74, 6) is 0.240. The average Bonchev–Trinajstić information content (AvgIpc) is 2.33. The number of methoxy groups -OCH3 is 1. The van der Waals surface area contributed by atoms with E-state index in [4.69, 9.17) is 4.74 Å². The van der Waals surface area contributed by atoms with Gasteiger partial charge in [0.15, 0.2) is 0 Å². The number of halogens is 2. The molecule has 0 spiro atoms. The van der Waals surface area contributed by atoms with Gasteiger partial charge in [0.25, 0.3) is 0 Å². The molecule has 0 radical (unpaired) electrons. The van der Waals surface area contributed by atoms with E-state index in [0.29, 0.717) is 8.95 Å². The summed E-state index contributed by atoms with van der Waals surface area (Å²) in [5.41, 5.74) is 1.33. The lowest BCUT2D eigenvalue weighted by Gasteiger charge is -2.24. The largest absolute Gasteiger partial charge is 0.506 e. The Morgan fingerprint density at radius 3 is 2.37 bits per heavy atom. The van der Waals surface area contributed by atoms with Crippen LogP contribution in [0, 0.1) is 5.41 Å². The van der Waals surface area contributed by atoms with Crippen LogP contribution in [0.15, 0.2) is 21.1 Å². The van der Waals surface area contributed by atoms with E-state index in [0.717, 1.165) is 31.7 Å². The first-order chi connectivity index (χ1) is 8.85. The molecule has 0 fully saturated rings. The normalized spacial score (nSPS) is 11.8. The van der Waals surface area contributed by atoms with E-state index in [9.17, 15) is 5.11 Å². The number of benzene rings is 1. The molecule has 108 valence electrons. The van der Waals surface area contributed by atoms with Gasteiger partial charge in [0, 0.05) is 26.8 Å². The van der Waals surface area contributed by atoms with E-state index in [1.54, 1.807) is 7.11 Å². The summed E-state index contributed by atoms with van der Waals surface area (Å²) in [4.78, 5) is 0. The minimum Gasteiger partial charge on any atom is -0.506 e. The maximum absolute atomic E-state index is 9.65. The Morgan fingerprint density at radius 2 is 1.84 bits per heavy atom. The number of aromatic hydroxyl groups is 1. The number of phenolic OH excluding ortho intramolecular Hbond substituents is 1. The van der Waals surface area contributed by atoms with Crippen LogP contribution >= 0.6 is 31.9 Å². The van der Waals surface area contributed by atoms with Crippen LogP contribution in [0.25, 0.3) is 0 Å². The predicted molar refractivity (Wildman–Crippen MR) is 85.5 cm³/mol. The van der Waals surface area contributed by atoms with Crippen LogP contribution in [-0.4, -0.2) is 25.4 Å². The first kappa shape index (κ1) is 17.0. The van der Waals surface area contributed by atoms with Crippen LogP contribution in [0.3, 0.4) is 0 Å². The second-order valence-corrected chi connectivity index (χ2v) is 7.13. The summed E-state index contributed by atoms with van der Waals surface area (Å²) < 4.78 is 6.53. The van der Waals surface area contributed by atoms with Gasteiger partial charge in [-0.3, -0.25) is 0 Å². The molecule has 5 heteroatoms. The van der Waals surface area contributed by atoms with Crippen molar-refractivity contribution in [3.05, 3.63) is 26.6 Å². The number of rotatable bonds is 7. The first-order valence-corrected chi connectivity index (χ1v) is 7.81. The highest BCUT2D eigenvalue weighted by atomic mass is 79.9. The molecule has 0 aliphatic carbocycles. The highest BCUT2D eigenvalue weighted by molar-refractivity contribution is 9.11. The molecule has 0 saturated carbocycles. The van der Waals surface area contributed by atoms with Crippen molar-refractivity contribution in [3.8, 4) is 5.75 Å². The highest BCUT2D eigenvalue weighted by Gasteiger charge is 2.17. The van der Waals surface area contributed by atoms with E-state index in [1.165, 1.54) is 0 Å². The third kappa shape index (κ3) is 5.81. The van der Waals surface area contributed by atoms with Gasteiger partial charge < -0.3 is 15.2 Å². The summed E-state index contributed by atoms with van der Waals surface area (Å²) in [6, 6.07) is 3.85. The number of phenols is 1. The van der Waals surface area contributed by atoms with Gasteiger partial charge in [-0.2, -0.15) is 0 Å². The number of hydrogen-bond donors (Lipinski definition) is 2. The topological polar surface area (TPSA) is 41.5 Å². The molecular formula is C14H21Br2NO2. The van der Waals surface area contributed by atoms with Crippen LogP contribution in [-0.2, 0) is 11.3 Å². The highest BCUT2D eigenvalue weighted by Crippen LogP contribution is 2.33. The van der Waals surface area contributed by atoms with Crippen LogP contribution in [0.1, 0.15) is 25.8 Å². The minimum atomic E-state index is 0.210. The van der Waals surface area contributed by atoms with E-state index >= 15 is 0 Å². The Morgan fingerprint density at radius 1 is 1.26 bits per heavy atom. The van der Waals surface area contributed by atoms with E-state index < -0.39 is 0 Å². The van der Waals surface area contributed by atoms with Crippen LogP contribution < -0.4 is 5.32 Å². The van der Waals surface area contributed by atoms with Crippen molar-refractivity contribution in [2.45, 2.75) is 26.8 Å². The van der Waals surface area contributed by atoms with Crippen LogP contribution in [0.2, 0.25) is 0 Å². The summed E-state index contributed by atoms with van der Waals surface area (Å²) in [7, 11) is 1.73. The Kier molecular flexibility index (Phi) is 6.80. The lowest BCUT2D eigenvalue weighted by atomic mass is 9.89. The van der Waals surface area contributed by atoms with Crippen molar-refractivity contribution in [2.24, 2.45) is 5.41 Å². The van der Waals surface area contributed by atoms with Gasteiger partial charge >= 0.3 is 0 Å². The number of hydrogen-bond acceptors (Lipinski definition) is 3. The molecule has 0 aliphatic heterocycles. The van der Waals surface area contributed by atoms with Crippen molar-refractivity contribution >= 4 is 31.9 Å². The molecule has 0 heterocycles. The van der Waals surface area contributed by atoms with Crippen molar-refractivity contribution in [1.82, 2.24) is 5.32 Å².